The number of hydrogen-bond acceptors (Lipinski definition) is 5. The van der Waals surface area contributed by atoms with Gasteiger partial charge < -0.3 is 0 Å². The lowest BCUT2D eigenvalue weighted by Crippen LogP contribution is -2.51. The molecule has 1 fully saturated rings. The highest BCUT2D eigenvalue weighted by molar-refractivity contribution is 7.91. The summed E-state index contributed by atoms with van der Waals surface area (Å²) in [5.74, 6) is 0. The van der Waals surface area contributed by atoms with E-state index in [4.69, 9.17) is 11.6 Å². The number of rotatable bonds is 5. The standard InChI is InChI=1S/C13H18ClN3O2S2/c1-2-3-11(10-15)16-6-8-17(9-7-16)21(18,19)13-5-4-12(14)20-13/h4-5,11H,2-3,6-9H2,1H3. The van der Waals surface area contributed by atoms with Gasteiger partial charge in [0.2, 0.25) is 0 Å². The van der Waals surface area contributed by atoms with Gasteiger partial charge in [-0.15, -0.1) is 11.3 Å². The van der Waals surface area contributed by atoms with Crippen molar-refractivity contribution in [1.29, 1.82) is 5.26 Å². The minimum Gasteiger partial charge on any atom is -0.285 e. The van der Waals surface area contributed by atoms with Crippen molar-refractivity contribution in [2.45, 2.75) is 30.0 Å². The zero-order chi connectivity index (χ0) is 15.5. The van der Waals surface area contributed by atoms with Gasteiger partial charge in [-0.2, -0.15) is 9.57 Å². The van der Waals surface area contributed by atoms with E-state index in [-0.39, 0.29) is 10.3 Å². The number of piperazine rings is 1. The van der Waals surface area contributed by atoms with Crippen molar-refractivity contribution in [3.63, 3.8) is 0 Å². The van der Waals surface area contributed by atoms with Crippen molar-refractivity contribution in [2.24, 2.45) is 0 Å². The third-order valence-corrected chi connectivity index (χ3v) is 7.17. The molecule has 21 heavy (non-hydrogen) atoms. The van der Waals surface area contributed by atoms with E-state index >= 15 is 0 Å². The van der Waals surface area contributed by atoms with Crippen LogP contribution in [0.2, 0.25) is 4.34 Å². The Bertz CT molecular complexity index is 616. The molecule has 1 aliphatic heterocycles. The Labute approximate surface area is 134 Å². The van der Waals surface area contributed by atoms with Crippen LogP contribution in [-0.4, -0.2) is 49.8 Å². The van der Waals surface area contributed by atoms with Gasteiger partial charge in [0.25, 0.3) is 10.0 Å². The predicted octanol–water partition coefficient (Wildman–Crippen LogP) is 2.40. The maximum Gasteiger partial charge on any atom is 0.252 e. The van der Waals surface area contributed by atoms with Gasteiger partial charge in [-0.1, -0.05) is 24.9 Å². The fourth-order valence-corrected chi connectivity index (χ4v) is 5.48. The van der Waals surface area contributed by atoms with Crippen LogP contribution in [0.4, 0.5) is 0 Å². The molecule has 1 aromatic rings. The van der Waals surface area contributed by atoms with Crippen LogP contribution < -0.4 is 0 Å². The number of nitrogens with zero attached hydrogens (tertiary/aromatic N) is 3. The summed E-state index contributed by atoms with van der Waals surface area (Å²) in [6.45, 7) is 4.07. The lowest BCUT2D eigenvalue weighted by atomic mass is 10.1. The molecule has 5 nitrogen and oxygen atoms in total. The van der Waals surface area contributed by atoms with Gasteiger partial charge in [0.15, 0.2) is 0 Å². The molecule has 0 bridgehead atoms. The van der Waals surface area contributed by atoms with E-state index in [0.717, 1.165) is 24.2 Å². The Morgan fingerprint density at radius 2 is 2.05 bits per heavy atom. The van der Waals surface area contributed by atoms with E-state index in [9.17, 15) is 13.7 Å². The maximum absolute atomic E-state index is 12.5. The van der Waals surface area contributed by atoms with Crippen LogP contribution in [0.1, 0.15) is 19.8 Å². The molecule has 1 saturated heterocycles. The van der Waals surface area contributed by atoms with E-state index in [2.05, 4.69) is 11.0 Å². The van der Waals surface area contributed by atoms with Gasteiger partial charge in [0.1, 0.15) is 4.21 Å². The molecule has 0 N–H and O–H groups in total. The second-order valence-corrected chi connectivity index (χ2v) is 8.81. The Morgan fingerprint density at radius 3 is 2.52 bits per heavy atom. The Kier molecular flexibility index (Phi) is 5.63. The van der Waals surface area contributed by atoms with Crippen LogP contribution >= 0.6 is 22.9 Å². The molecule has 0 saturated carbocycles. The van der Waals surface area contributed by atoms with Crippen molar-refractivity contribution < 1.29 is 8.42 Å². The first-order valence-electron chi connectivity index (χ1n) is 6.88. The van der Waals surface area contributed by atoms with Gasteiger partial charge in [-0.05, 0) is 18.6 Å². The third-order valence-electron chi connectivity index (χ3n) is 3.57. The van der Waals surface area contributed by atoms with E-state index in [1.807, 2.05) is 6.92 Å². The molecule has 0 aromatic carbocycles. The minimum atomic E-state index is -3.45. The molecule has 1 aromatic heterocycles. The second kappa shape index (κ2) is 7.07. The molecular weight excluding hydrogens is 330 g/mol. The highest BCUT2D eigenvalue weighted by atomic mass is 35.5. The van der Waals surface area contributed by atoms with Gasteiger partial charge >= 0.3 is 0 Å². The van der Waals surface area contributed by atoms with Crippen LogP contribution in [0.15, 0.2) is 16.3 Å². The number of thiophene rings is 1. The highest BCUT2D eigenvalue weighted by Gasteiger charge is 2.31. The quantitative estimate of drug-likeness (QED) is 0.820. The average Bonchev–Trinajstić information content (AvgIpc) is 2.92. The van der Waals surface area contributed by atoms with E-state index in [0.29, 0.717) is 30.5 Å². The first-order chi connectivity index (χ1) is 9.98. The fraction of sp³-hybridized carbons (Fsp3) is 0.615. The Balaban J connectivity index is 2.02. The smallest absolute Gasteiger partial charge is 0.252 e. The van der Waals surface area contributed by atoms with Crippen molar-refractivity contribution in [3.8, 4) is 6.07 Å². The lowest BCUT2D eigenvalue weighted by molar-refractivity contribution is 0.156. The first kappa shape index (κ1) is 16.7. The van der Waals surface area contributed by atoms with Crippen LogP contribution in [0, 0.1) is 11.3 Å². The largest absolute Gasteiger partial charge is 0.285 e. The summed E-state index contributed by atoms with van der Waals surface area (Å²) in [7, 11) is -3.45. The predicted molar refractivity (Wildman–Crippen MR) is 84.0 cm³/mol. The van der Waals surface area contributed by atoms with Crippen molar-refractivity contribution in [1.82, 2.24) is 9.21 Å². The van der Waals surface area contributed by atoms with Crippen LogP contribution in [0.25, 0.3) is 0 Å². The molecular formula is C13H18ClN3O2S2. The van der Waals surface area contributed by atoms with Crippen LogP contribution in [0.5, 0.6) is 0 Å². The number of sulfonamides is 1. The molecule has 0 aliphatic carbocycles. The topological polar surface area (TPSA) is 64.4 Å². The van der Waals surface area contributed by atoms with Gasteiger partial charge in [0.05, 0.1) is 16.4 Å². The summed E-state index contributed by atoms with van der Waals surface area (Å²) in [5.41, 5.74) is 0. The zero-order valence-electron chi connectivity index (χ0n) is 11.8. The first-order valence-corrected chi connectivity index (χ1v) is 9.51. The SMILES string of the molecule is CCCC(C#N)N1CCN(S(=O)(=O)c2ccc(Cl)s2)CC1. The summed E-state index contributed by atoms with van der Waals surface area (Å²) in [6.07, 6.45) is 1.77. The molecule has 2 rings (SSSR count). The number of halogens is 1. The normalized spacial score (nSPS) is 19.3. The second-order valence-electron chi connectivity index (χ2n) is 4.93. The van der Waals surface area contributed by atoms with Crippen molar-refractivity contribution in [3.05, 3.63) is 16.5 Å². The zero-order valence-corrected chi connectivity index (χ0v) is 14.2. The maximum atomic E-state index is 12.5. The van der Waals surface area contributed by atoms with Crippen molar-refractivity contribution >= 4 is 33.0 Å². The monoisotopic (exact) mass is 347 g/mol. The molecule has 1 atom stereocenters. The minimum absolute atomic E-state index is 0.115. The molecule has 116 valence electrons. The van der Waals surface area contributed by atoms with E-state index in [1.54, 1.807) is 12.1 Å². The molecule has 1 aliphatic rings. The molecule has 8 heteroatoms. The molecule has 2 heterocycles. The van der Waals surface area contributed by atoms with Gasteiger partial charge in [-0.25, -0.2) is 8.42 Å². The third kappa shape index (κ3) is 3.76. The molecule has 0 radical (unpaired) electrons. The summed E-state index contributed by atoms with van der Waals surface area (Å²) in [4.78, 5) is 2.07. The molecule has 0 spiro atoms. The van der Waals surface area contributed by atoms with E-state index < -0.39 is 10.0 Å². The number of nitriles is 1. The fourth-order valence-electron chi connectivity index (χ4n) is 2.42. The molecule has 1 unspecified atom stereocenters. The summed E-state index contributed by atoms with van der Waals surface area (Å²) in [5, 5.41) is 9.18. The van der Waals surface area contributed by atoms with Gasteiger partial charge in [-0.3, -0.25) is 4.90 Å². The van der Waals surface area contributed by atoms with Gasteiger partial charge in [0, 0.05) is 26.2 Å². The van der Waals surface area contributed by atoms with Crippen LogP contribution in [0.3, 0.4) is 0 Å². The lowest BCUT2D eigenvalue weighted by Gasteiger charge is -2.35. The van der Waals surface area contributed by atoms with E-state index in [1.165, 1.54) is 4.31 Å². The summed E-state index contributed by atoms with van der Waals surface area (Å²) < 4.78 is 27.2. The highest BCUT2D eigenvalue weighted by Crippen LogP contribution is 2.28. The Hall–Kier alpha value is -0.650. The summed E-state index contributed by atoms with van der Waals surface area (Å²) >= 11 is 6.89. The Morgan fingerprint density at radius 1 is 1.38 bits per heavy atom. The number of hydrogen-bond donors (Lipinski definition) is 0. The average molecular weight is 348 g/mol. The van der Waals surface area contributed by atoms with Crippen molar-refractivity contribution in [2.75, 3.05) is 26.2 Å². The van der Waals surface area contributed by atoms with Crippen LogP contribution in [-0.2, 0) is 10.0 Å². The summed E-state index contributed by atoms with van der Waals surface area (Å²) in [6, 6.07) is 5.33. The molecule has 0 amide bonds.